The second kappa shape index (κ2) is 8.88. The molecular weight excluding hydrogens is 236 g/mol. The lowest BCUT2D eigenvalue weighted by molar-refractivity contribution is 0.234. The quantitative estimate of drug-likeness (QED) is 0.741. The minimum Gasteiger partial charge on any atom is -0.370 e. The molecule has 0 fully saturated rings. The van der Waals surface area contributed by atoms with Gasteiger partial charge in [0, 0.05) is 32.4 Å². The van der Waals surface area contributed by atoms with E-state index in [0.717, 1.165) is 38.5 Å². The van der Waals surface area contributed by atoms with Crippen LogP contribution in [0.25, 0.3) is 0 Å². The highest BCUT2D eigenvalue weighted by Crippen LogP contribution is 2.08. The van der Waals surface area contributed by atoms with E-state index >= 15 is 0 Å². The summed E-state index contributed by atoms with van der Waals surface area (Å²) in [5.74, 6) is 0.960. The van der Waals surface area contributed by atoms with Gasteiger partial charge in [0.25, 0.3) is 0 Å². The predicted octanol–water partition coefficient (Wildman–Crippen LogP) is 2.29. The van der Waals surface area contributed by atoms with E-state index in [1.165, 1.54) is 12.0 Å². The Kier molecular flexibility index (Phi) is 7.45. The van der Waals surface area contributed by atoms with Crippen LogP contribution in [0.1, 0.15) is 25.8 Å². The van der Waals surface area contributed by atoms with Crippen molar-refractivity contribution in [1.29, 1.82) is 0 Å². The van der Waals surface area contributed by atoms with Crippen molar-refractivity contribution < 1.29 is 0 Å². The Morgan fingerprint density at radius 1 is 1.11 bits per heavy atom. The van der Waals surface area contributed by atoms with Gasteiger partial charge in [-0.15, -0.1) is 0 Å². The summed E-state index contributed by atoms with van der Waals surface area (Å²) in [7, 11) is 4.24. The SMILES string of the molecule is CCCN(CCN(C)C)Cc1ccc(NCC)nc1. The van der Waals surface area contributed by atoms with Gasteiger partial charge in [0.05, 0.1) is 0 Å². The molecular formula is C15H28N4. The number of hydrogen-bond donors (Lipinski definition) is 1. The van der Waals surface area contributed by atoms with Crippen LogP contribution in [-0.4, -0.2) is 55.1 Å². The van der Waals surface area contributed by atoms with Crippen LogP contribution in [0.4, 0.5) is 5.82 Å². The average molecular weight is 264 g/mol. The van der Waals surface area contributed by atoms with Crippen LogP contribution in [0.5, 0.6) is 0 Å². The molecule has 0 spiro atoms. The van der Waals surface area contributed by atoms with Crippen LogP contribution >= 0.6 is 0 Å². The molecule has 0 radical (unpaired) electrons. The van der Waals surface area contributed by atoms with Crippen molar-refractivity contribution in [2.75, 3.05) is 45.6 Å². The molecule has 0 atom stereocenters. The van der Waals surface area contributed by atoms with Crippen LogP contribution in [0.2, 0.25) is 0 Å². The van der Waals surface area contributed by atoms with Gasteiger partial charge in [0.1, 0.15) is 5.82 Å². The first-order valence-corrected chi connectivity index (χ1v) is 7.21. The molecule has 108 valence electrons. The Hall–Kier alpha value is -1.13. The number of pyridine rings is 1. The van der Waals surface area contributed by atoms with E-state index in [1.54, 1.807) is 0 Å². The molecule has 19 heavy (non-hydrogen) atoms. The fraction of sp³-hybridized carbons (Fsp3) is 0.667. The molecule has 0 aromatic carbocycles. The lowest BCUT2D eigenvalue weighted by Gasteiger charge is -2.23. The number of nitrogens with one attached hydrogen (secondary N) is 1. The summed E-state index contributed by atoms with van der Waals surface area (Å²) < 4.78 is 0. The van der Waals surface area contributed by atoms with Crippen LogP contribution in [0.15, 0.2) is 18.3 Å². The fourth-order valence-corrected chi connectivity index (χ4v) is 1.99. The Balaban J connectivity index is 2.52. The average Bonchev–Trinajstić information content (AvgIpc) is 2.39. The molecule has 0 saturated heterocycles. The highest BCUT2D eigenvalue weighted by Gasteiger charge is 2.06. The summed E-state index contributed by atoms with van der Waals surface area (Å²) in [6, 6.07) is 4.23. The second-order valence-corrected chi connectivity index (χ2v) is 5.16. The highest BCUT2D eigenvalue weighted by atomic mass is 15.2. The number of rotatable bonds is 9. The molecule has 1 rings (SSSR count). The van der Waals surface area contributed by atoms with Crippen molar-refractivity contribution in [2.45, 2.75) is 26.8 Å². The molecule has 1 heterocycles. The van der Waals surface area contributed by atoms with Gasteiger partial charge in [-0.25, -0.2) is 4.98 Å². The summed E-state index contributed by atoms with van der Waals surface area (Å²) >= 11 is 0. The number of nitrogens with zero attached hydrogens (tertiary/aromatic N) is 3. The van der Waals surface area contributed by atoms with Crippen molar-refractivity contribution in [2.24, 2.45) is 0 Å². The van der Waals surface area contributed by atoms with E-state index in [4.69, 9.17) is 0 Å². The number of aromatic nitrogens is 1. The van der Waals surface area contributed by atoms with Crippen LogP contribution < -0.4 is 5.32 Å². The minimum atomic E-state index is 0.914. The summed E-state index contributed by atoms with van der Waals surface area (Å²) in [5.41, 5.74) is 1.29. The van der Waals surface area contributed by atoms with Crippen LogP contribution in [0, 0.1) is 0 Å². The minimum absolute atomic E-state index is 0.914. The van der Waals surface area contributed by atoms with E-state index < -0.39 is 0 Å². The van der Waals surface area contributed by atoms with E-state index in [-0.39, 0.29) is 0 Å². The molecule has 0 amide bonds. The van der Waals surface area contributed by atoms with Gasteiger partial charge in [-0.1, -0.05) is 13.0 Å². The largest absolute Gasteiger partial charge is 0.370 e. The number of likely N-dealkylation sites (N-methyl/N-ethyl adjacent to an activating group) is 1. The summed E-state index contributed by atoms with van der Waals surface area (Å²) in [6.45, 7) is 9.56. The first kappa shape index (κ1) is 15.9. The first-order chi connectivity index (χ1) is 9.15. The molecule has 0 bridgehead atoms. The molecule has 1 aromatic heterocycles. The van der Waals surface area contributed by atoms with Crippen LogP contribution in [0.3, 0.4) is 0 Å². The zero-order chi connectivity index (χ0) is 14.1. The van der Waals surface area contributed by atoms with Gasteiger partial charge in [0.2, 0.25) is 0 Å². The molecule has 0 aliphatic rings. The van der Waals surface area contributed by atoms with Crippen molar-refractivity contribution in [1.82, 2.24) is 14.8 Å². The molecule has 0 aliphatic carbocycles. The number of hydrogen-bond acceptors (Lipinski definition) is 4. The topological polar surface area (TPSA) is 31.4 Å². The highest BCUT2D eigenvalue weighted by molar-refractivity contribution is 5.35. The van der Waals surface area contributed by atoms with Crippen molar-refractivity contribution in [3.8, 4) is 0 Å². The Labute approximate surface area is 117 Å². The molecule has 0 saturated carbocycles. The number of anilines is 1. The summed E-state index contributed by atoms with van der Waals surface area (Å²) in [4.78, 5) is 9.15. The maximum Gasteiger partial charge on any atom is 0.125 e. The Bertz CT molecular complexity index is 335. The normalized spacial score (nSPS) is 11.3. The van der Waals surface area contributed by atoms with Crippen molar-refractivity contribution >= 4 is 5.82 Å². The molecule has 4 nitrogen and oxygen atoms in total. The lowest BCUT2D eigenvalue weighted by Crippen LogP contribution is -2.32. The van der Waals surface area contributed by atoms with E-state index in [0.29, 0.717) is 0 Å². The standard InChI is InChI=1S/C15H28N4/c1-5-9-19(11-10-18(3)4)13-14-7-8-15(16-6-2)17-12-14/h7-8,12H,5-6,9-11,13H2,1-4H3,(H,16,17). The van der Waals surface area contributed by atoms with Gasteiger partial charge in [0.15, 0.2) is 0 Å². The molecule has 1 N–H and O–H groups in total. The smallest absolute Gasteiger partial charge is 0.125 e. The van der Waals surface area contributed by atoms with Gasteiger partial charge < -0.3 is 10.2 Å². The Morgan fingerprint density at radius 2 is 1.89 bits per heavy atom. The van der Waals surface area contributed by atoms with Gasteiger partial charge in [-0.3, -0.25) is 4.90 Å². The van der Waals surface area contributed by atoms with Gasteiger partial charge in [-0.2, -0.15) is 0 Å². The third-order valence-corrected chi connectivity index (χ3v) is 2.99. The summed E-state index contributed by atoms with van der Waals surface area (Å²) in [6.07, 6.45) is 3.17. The molecule has 1 aromatic rings. The second-order valence-electron chi connectivity index (χ2n) is 5.16. The third-order valence-electron chi connectivity index (χ3n) is 2.99. The predicted molar refractivity (Wildman–Crippen MR) is 82.5 cm³/mol. The Morgan fingerprint density at radius 3 is 2.42 bits per heavy atom. The van der Waals surface area contributed by atoms with Crippen molar-refractivity contribution in [3.63, 3.8) is 0 Å². The molecule has 0 aliphatic heterocycles. The maximum absolute atomic E-state index is 4.43. The first-order valence-electron chi connectivity index (χ1n) is 7.21. The van der Waals surface area contributed by atoms with E-state index in [9.17, 15) is 0 Å². The monoisotopic (exact) mass is 264 g/mol. The van der Waals surface area contributed by atoms with E-state index in [2.05, 4.69) is 60.2 Å². The fourth-order valence-electron chi connectivity index (χ4n) is 1.99. The third kappa shape index (κ3) is 6.55. The molecule has 0 unspecified atom stereocenters. The lowest BCUT2D eigenvalue weighted by atomic mass is 10.2. The van der Waals surface area contributed by atoms with Crippen molar-refractivity contribution in [3.05, 3.63) is 23.9 Å². The van der Waals surface area contributed by atoms with Crippen LogP contribution in [-0.2, 0) is 6.54 Å². The van der Waals surface area contributed by atoms with E-state index in [1.807, 2.05) is 6.20 Å². The zero-order valence-corrected chi connectivity index (χ0v) is 12.8. The maximum atomic E-state index is 4.43. The summed E-state index contributed by atoms with van der Waals surface area (Å²) in [5, 5.41) is 3.22. The zero-order valence-electron chi connectivity index (χ0n) is 12.8. The molecule has 4 heteroatoms. The van der Waals surface area contributed by atoms with Gasteiger partial charge >= 0.3 is 0 Å². The van der Waals surface area contributed by atoms with Gasteiger partial charge in [-0.05, 0) is 45.6 Å².